The highest BCUT2D eigenvalue weighted by molar-refractivity contribution is 6.42. The third-order valence-electron chi connectivity index (χ3n) is 8.01. The van der Waals surface area contributed by atoms with Gasteiger partial charge in [-0.2, -0.15) is 0 Å². The second-order valence-electron chi connectivity index (χ2n) is 10.5. The van der Waals surface area contributed by atoms with Crippen molar-refractivity contribution in [2.75, 3.05) is 32.7 Å². The van der Waals surface area contributed by atoms with Gasteiger partial charge in [0.05, 0.1) is 16.1 Å². The van der Waals surface area contributed by atoms with Crippen LogP contribution in [0.15, 0.2) is 48.5 Å². The molecule has 3 atom stereocenters. The predicted octanol–water partition coefficient (Wildman–Crippen LogP) is 5.79. The minimum absolute atomic E-state index is 0.0980. The summed E-state index contributed by atoms with van der Waals surface area (Å²) in [5.41, 5.74) is 2.45. The van der Waals surface area contributed by atoms with Gasteiger partial charge in [0.25, 0.3) is 0 Å². The maximum atomic E-state index is 12.9. The standard InChI is InChI=1S/C28H35Cl2N3O/c29-25-11-10-20(14-26(25)30)15-33-18-23-16-32(17-24(23)19-33)13-12-27(21-6-2-1-3-7-21)31-28(34)22-8-4-5-9-22/h1-3,6-7,10-11,14,22-24,27H,4-5,8-9,12-13,15-19H2,(H,31,34)/t23-,24?,27?/m0/s1. The van der Waals surface area contributed by atoms with E-state index in [1.165, 1.54) is 24.0 Å². The summed E-state index contributed by atoms with van der Waals surface area (Å²) in [6.07, 6.45) is 5.43. The zero-order valence-electron chi connectivity index (χ0n) is 19.8. The molecule has 1 amide bonds. The summed E-state index contributed by atoms with van der Waals surface area (Å²) >= 11 is 12.3. The number of amides is 1. The number of carbonyl (C=O) groups is 1. The number of fused-ring (bicyclic) bond motifs is 1. The molecule has 5 rings (SSSR count). The third-order valence-corrected chi connectivity index (χ3v) is 8.75. The van der Waals surface area contributed by atoms with Crippen LogP contribution in [0.2, 0.25) is 10.0 Å². The van der Waals surface area contributed by atoms with Gasteiger partial charge in [0, 0.05) is 45.2 Å². The normalized spacial score (nSPS) is 24.4. The number of nitrogens with one attached hydrogen (secondary N) is 1. The first kappa shape index (κ1) is 24.1. The van der Waals surface area contributed by atoms with Crippen LogP contribution >= 0.6 is 23.2 Å². The summed E-state index contributed by atoms with van der Waals surface area (Å²) in [7, 11) is 0. The molecule has 3 fully saturated rings. The van der Waals surface area contributed by atoms with Gasteiger partial charge in [-0.3, -0.25) is 9.69 Å². The maximum absolute atomic E-state index is 12.9. The maximum Gasteiger partial charge on any atom is 0.223 e. The molecule has 1 saturated carbocycles. The molecule has 3 aliphatic rings. The van der Waals surface area contributed by atoms with Crippen LogP contribution in [-0.2, 0) is 11.3 Å². The minimum atomic E-state index is 0.0980. The van der Waals surface area contributed by atoms with E-state index in [1.807, 2.05) is 18.2 Å². The third kappa shape index (κ3) is 5.79. The Balaban J connectivity index is 1.13. The molecule has 2 aromatic rings. The van der Waals surface area contributed by atoms with Crippen molar-refractivity contribution < 1.29 is 4.79 Å². The Morgan fingerprint density at radius 1 is 0.912 bits per heavy atom. The largest absolute Gasteiger partial charge is 0.349 e. The SMILES string of the molecule is O=C(NC(CCN1CC2CN(Cc3ccc(Cl)c(Cl)c3)C[C@@H]2C1)c1ccccc1)C1CCCC1. The van der Waals surface area contributed by atoms with Gasteiger partial charge in [-0.15, -0.1) is 0 Å². The summed E-state index contributed by atoms with van der Waals surface area (Å²) in [5.74, 6) is 1.92. The van der Waals surface area contributed by atoms with Gasteiger partial charge in [-0.25, -0.2) is 0 Å². The smallest absolute Gasteiger partial charge is 0.223 e. The first-order valence-corrected chi connectivity index (χ1v) is 13.5. The molecule has 4 nitrogen and oxygen atoms in total. The Labute approximate surface area is 213 Å². The Hall–Kier alpha value is -1.59. The van der Waals surface area contributed by atoms with Crippen molar-refractivity contribution in [2.24, 2.45) is 17.8 Å². The van der Waals surface area contributed by atoms with Crippen LogP contribution < -0.4 is 5.32 Å². The van der Waals surface area contributed by atoms with E-state index in [1.54, 1.807) is 0 Å². The van der Waals surface area contributed by atoms with Crippen LogP contribution in [0.4, 0.5) is 0 Å². The summed E-state index contributed by atoms with van der Waals surface area (Å²) in [5, 5.41) is 4.65. The van der Waals surface area contributed by atoms with Gasteiger partial charge in [-0.1, -0.05) is 72.4 Å². The van der Waals surface area contributed by atoms with Crippen molar-refractivity contribution in [1.29, 1.82) is 0 Å². The average molecular weight is 501 g/mol. The van der Waals surface area contributed by atoms with Crippen molar-refractivity contribution in [2.45, 2.75) is 44.7 Å². The van der Waals surface area contributed by atoms with E-state index in [9.17, 15) is 4.79 Å². The molecule has 0 radical (unpaired) electrons. The van der Waals surface area contributed by atoms with E-state index in [2.05, 4.69) is 45.4 Å². The fraction of sp³-hybridized carbons (Fsp3) is 0.536. The van der Waals surface area contributed by atoms with Crippen LogP contribution in [0, 0.1) is 17.8 Å². The monoisotopic (exact) mass is 499 g/mol. The summed E-state index contributed by atoms with van der Waals surface area (Å²) in [4.78, 5) is 18.0. The van der Waals surface area contributed by atoms with E-state index in [0.717, 1.165) is 70.4 Å². The number of benzene rings is 2. The van der Waals surface area contributed by atoms with Crippen LogP contribution in [0.1, 0.15) is 49.3 Å². The van der Waals surface area contributed by atoms with E-state index < -0.39 is 0 Å². The van der Waals surface area contributed by atoms with Crippen molar-refractivity contribution in [3.05, 3.63) is 69.7 Å². The van der Waals surface area contributed by atoms with E-state index in [-0.39, 0.29) is 17.9 Å². The molecule has 0 aromatic heterocycles. The van der Waals surface area contributed by atoms with E-state index >= 15 is 0 Å². The van der Waals surface area contributed by atoms with Gasteiger partial charge < -0.3 is 10.2 Å². The van der Waals surface area contributed by atoms with Gasteiger partial charge in [0.15, 0.2) is 0 Å². The lowest BCUT2D eigenvalue weighted by atomic mass is 10.0. The van der Waals surface area contributed by atoms with Crippen molar-refractivity contribution in [3.63, 3.8) is 0 Å². The highest BCUT2D eigenvalue weighted by atomic mass is 35.5. The zero-order valence-corrected chi connectivity index (χ0v) is 21.3. The lowest BCUT2D eigenvalue weighted by molar-refractivity contribution is -0.125. The molecular weight excluding hydrogens is 465 g/mol. The van der Waals surface area contributed by atoms with Crippen molar-refractivity contribution in [1.82, 2.24) is 15.1 Å². The zero-order chi connectivity index (χ0) is 23.5. The van der Waals surface area contributed by atoms with Crippen molar-refractivity contribution >= 4 is 29.1 Å². The average Bonchev–Trinajstić information content (AvgIpc) is 3.57. The highest BCUT2D eigenvalue weighted by Gasteiger charge is 2.39. The Bertz CT molecular complexity index is 965. The van der Waals surface area contributed by atoms with Gasteiger partial charge in [0.2, 0.25) is 5.91 Å². The van der Waals surface area contributed by atoms with E-state index in [0.29, 0.717) is 10.0 Å². The fourth-order valence-corrected chi connectivity index (χ4v) is 6.51. The second-order valence-corrected chi connectivity index (χ2v) is 11.3. The lowest BCUT2D eigenvalue weighted by Crippen LogP contribution is -2.36. The molecule has 34 heavy (non-hydrogen) atoms. The first-order valence-electron chi connectivity index (χ1n) is 12.8. The fourth-order valence-electron chi connectivity index (χ4n) is 6.19. The van der Waals surface area contributed by atoms with Gasteiger partial charge in [-0.05, 0) is 54.4 Å². The van der Waals surface area contributed by atoms with E-state index in [4.69, 9.17) is 23.2 Å². The van der Waals surface area contributed by atoms with Crippen molar-refractivity contribution in [3.8, 4) is 0 Å². The van der Waals surface area contributed by atoms with Gasteiger partial charge in [0.1, 0.15) is 0 Å². The molecule has 1 aliphatic carbocycles. The Morgan fingerprint density at radius 3 is 2.26 bits per heavy atom. The number of hydrogen-bond donors (Lipinski definition) is 1. The van der Waals surface area contributed by atoms with Crippen LogP contribution in [0.25, 0.3) is 0 Å². The van der Waals surface area contributed by atoms with Gasteiger partial charge >= 0.3 is 0 Å². The predicted molar refractivity (Wildman–Crippen MR) is 139 cm³/mol. The summed E-state index contributed by atoms with van der Waals surface area (Å²) < 4.78 is 0. The highest BCUT2D eigenvalue weighted by Crippen LogP contribution is 2.33. The number of nitrogens with zero attached hydrogens (tertiary/aromatic N) is 2. The number of hydrogen-bond acceptors (Lipinski definition) is 3. The molecule has 6 heteroatoms. The molecule has 0 spiro atoms. The van der Waals surface area contributed by atoms with Crippen LogP contribution in [-0.4, -0.2) is 48.4 Å². The van der Waals surface area contributed by atoms with Crippen LogP contribution in [0.5, 0.6) is 0 Å². The molecular formula is C28H35Cl2N3O. The quantitative estimate of drug-likeness (QED) is 0.498. The summed E-state index contributed by atoms with van der Waals surface area (Å²) in [6, 6.07) is 16.6. The molecule has 2 aromatic carbocycles. The lowest BCUT2D eigenvalue weighted by Gasteiger charge is -2.25. The second kappa shape index (κ2) is 11.0. The minimum Gasteiger partial charge on any atom is -0.349 e. The Kier molecular flexibility index (Phi) is 7.80. The topological polar surface area (TPSA) is 35.6 Å². The number of carbonyl (C=O) groups excluding carboxylic acids is 1. The molecule has 0 bridgehead atoms. The molecule has 2 heterocycles. The molecule has 2 aliphatic heterocycles. The Morgan fingerprint density at radius 2 is 1.59 bits per heavy atom. The number of rotatable bonds is 8. The number of likely N-dealkylation sites (tertiary alicyclic amines) is 2. The molecule has 2 unspecified atom stereocenters. The molecule has 182 valence electrons. The molecule has 2 saturated heterocycles. The first-order chi connectivity index (χ1) is 16.5. The summed E-state index contributed by atoms with van der Waals surface area (Å²) in [6.45, 7) is 6.56. The number of halogens is 2. The molecule has 1 N–H and O–H groups in total. The van der Waals surface area contributed by atoms with Crippen LogP contribution in [0.3, 0.4) is 0 Å².